The summed E-state index contributed by atoms with van der Waals surface area (Å²) < 4.78 is 48.4. The second-order valence-corrected chi connectivity index (χ2v) is 8.74. The van der Waals surface area contributed by atoms with Gasteiger partial charge in [-0.2, -0.15) is 10.4 Å². The van der Waals surface area contributed by atoms with Crippen molar-refractivity contribution in [3.05, 3.63) is 64.1 Å². The number of hydrogen-bond donors (Lipinski definition) is 0. The van der Waals surface area contributed by atoms with Crippen LogP contribution >= 0.6 is 0 Å². The van der Waals surface area contributed by atoms with Crippen molar-refractivity contribution in [1.82, 2.24) is 9.78 Å². The number of methoxy groups -OCH3 is 1. The Hall–Kier alpha value is -4.92. The van der Waals surface area contributed by atoms with Gasteiger partial charge in [-0.05, 0) is 49.2 Å². The minimum atomic E-state index is -3.77. The summed E-state index contributed by atoms with van der Waals surface area (Å²) >= 11 is 0. The van der Waals surface area contributed by atoms with E-state index in [2.05, 4.69) is 15.9 Å². The number of anilines is 1. The number of carbonyl (C=O) groups excluding carboxylic acids is 1. The highest BCUT2D eigenvalue weighted by atomic mass is 19.3. The van der Waals surface area contributed by atoms with Crippen LogP contribution in [0.25, 0.3) is 22.2 Å². The highest BCUT2D eigenvalue weighted by molar-refractivity contribution is 5.96. The average molecular weight is 520 g/mol. The molecule has 0 spiro atoms. The van der Waals surface area contributed by atoms with E-state index in [9.17, 15) is 23.6 Å². The minimum absolute atomic E-state index is 0.0892. The van der Waals surface area contributed by atoms with Crippen LogP contribution in [0.5, 0.6) is 17.2 Å². The Morgan fingerprint density at radius 2 is 2.08 bits per heavy atom. The monoisotopic (exact) mass is 520 g/mol. The molecule has 1 amide bonds. The Labute approximate surface area is 213 Å². The predicted molar refractivity (Wildman–Crippen MR) is 128 cm³/mol. The van der Waals surface area contributed by atoms with Crippen LogP contribution < -0.4 is 24.7 Å². The Kier molecular flexibility index (Phi) is 5.30. The molecule has 38 heavy (non-hydrogen) atoms. The number of hydrogen-bond acceptors (Lipinski definition) is 8. The van der Waals surface area contributed by atoms with Crippen LogP contribution in [0.1, 0.15) is 17.5 Å². The van der Waals surface area contributed by atoms with Gasteiger partial charge in [0, 0.05) is 17.7 Å². The summed E-state index contributed by atoms with van der Waals surface area (Å²) in [5, 5.41) is 14.0. The Bertz CT molecular complexity index is 1720. The van der Waals surface area contributed by atoms with Gasteiger partial charge in [-0.15, -0.1) is 8.78 Å². The van der Waals surface area contributed by atoms with Gasteiger partial charge in [0.05, 0.1) is 36.1 Å². The van der Waals surface area contributed by atoms with Crippen molar-refractivity contribution in [1.29, 1.82) is 5.26 Å². The molecular weight excluding hydrogens is 502 g/mol. The lowest BCUT2D eigenvalue weighted by Crippen LogP contribution is -2.40. The topological polar surface area (TPSA) is 120 Å². The number of rotatable bonds is 4. The molecule has 2 aromatic carbocycles. The largest absolute Gasteiger partial charge is 0.586 e. The molecule has 0 aliphatic carbocycles. The van der Waals surface area contributed by atoms with E-state index in [0.717, 1.165) is 4.68 Å². The molecule has 2 aromatic heterocycles. The molecule has 6 rings (SSSR count). The van der Waals surface area contributed by atoms with Crippen molar-refractivity contribution in [3.8, 4) is 34.6 Å². The van der Waals surface area contributed by atoms with Gasteiger partial charge in [0.25, 0.3) is 5.56 Å². The minimum Gasteiger partial charge on any atom is -0.497 e. The third-order valence-corrected chi connectivity index (χ3v) is 6.45. The van der Waals surface area contributed by atoms with Crippen LogP contribution in [-0.2, 0) is 17.8 Å². The number of halogens is 2. The normalized spacial score (nSPS) is 15.3. The molecule has 2 aliphatic heterocycles. The number of nitrogens with zero attached hydrogens (tertiary/aromatic N) is 4. The van der Waals surface area contributed by atoms with Gasteiger partial charge in [-0.25, -0.2) is 4.68 Å². The number of amides is 1. The molecule has 0 unspecified atom stereocenters. The summed E-state index contributed by atoms with van der Waals surface area (Å²) in [6, 6.07) is 11.2. The zero-order chi connectivity index (χ0) is 26.6. The molecule has 0 bridgehead atoms. The zero-order valence-electron chi connectivity index (χ0n) is 19.9. The maximum absolute atomic E-state index is 13.7. The summed E-state index contributed by atoms with van der Waals surface area (Å²) in [6.07, 6.45) is -1.52. The number of aromatic nitrogens is 2. The molecule has 0 radical (unpaired) electrons. The summed E-state index contributed by atoms with van der Waals surface area (Å²) in [6.45, 7) is -0.106. The molecule has 192 valence electrons. The van der Waals surface area contributed by atoms with Crippen molar-refractivity contribution >= 4 is 22.6 Å². The first-order valence-corrected chi connectivity index (χ1v) is 11.6. The predicted octanol–water partition coefficient (Wildman–Crippen LogP) is 3.84. The standard InChI is InChI=1S/C26H18F2N4O6/c1-35-16-10-14(12-29)9-15(11-16)22-24-18(6-8-36-24)25(34)32(30-22)13-21(33)31-7-2-3-17-19(31)4-5-20-23(17)38-26(27,28)37-20/h4-6,8-11H,2-3,7,13H2,1H3. The van der Waals surface area contributed by atoms with Crippen LogP contribution in [-0.4, -0.2) is 35.6 Å². The Balaban J connectivity index is 1.39. The van der Waals surface area contributed by atoms with Crippen molar-refractivity contribution in [2.24, 2.45) is 0 Å². The first-order valence-electron chi connectivity index (χ1n) is 11.6. The fraction of sp³-hybridized carbons (Fsp3) is 0.231. The number of ether oxygens (including phenoxy) is 3. The zero-order valence-corrected chi connectivity index (χ0v) is 19.9. The van der Waals surface area contributed by atoms with E-state index in [-0.39, 0.29) is 28.2 Å². The van der Waals surface area contributed by atoms with Gasteiger partial charge in [0.2, 0.25) is 5.91 Å². The van der Waals surface area contributed by atoms with Crippen molar-refractivity contribution in [2.45, 2.75) is 25.7 Å². The molecule has 2 aliphatic rings. The van der Waals surface area contributed by atoms with Crippen LogP contribution in [0, 0.1) is 11.3 Å². The summed E-state index contributed by atoms with van der Waals surface area (Å²) in [5.41, 5.74) is 1.52. The number of benzene rings is 2. The molecule has 4 aromatic rings. The average Bonchev–Trinajstić information content (AvgIpc) is 3.53. The lowest BCUT2D eigenvalue weighted by molar-refractivity contribution is -0.286. The van der Waals surface area contributed by atoms with Gasteiger partial charge >= 0.3 is 6.29 Å². The maximum Gasteiger partial charge on any atom is 0.586 e. The van der Waals surface area contributed by atoms with Crippen LogP contribution in [0.2, 0.25) is 0 Å². The number of fused-ring (bicyclic) bond motifs is 4. The third-order valence-electron chi connectivity index (χ3n) is 6.45. The SMILES string of the molecule is COc1cc(C#N)cc(-c2nn(CC(=O)N3CCCc4c3ccc3c4OC(F)(F)O3)c(=O)c3ccoc23)c1. The van der Waals surface area contributed by atoms with Gasteiger partial charge in [-0.1, -0.05) is 0 Å². The second kappa shape index (κ2) is 8.58. The molecule has 0 atom stereocenters. The molecule has 0 saturated heterocycles. The lowest BCUT2D eigenvalue weighted by Gasteiger charge is -2.30. The smallest absolute Gasteiger partial charge is 0.497 e. The molecule has 0 fully saturated rings. The lowest BCUT2D eigenvalue weighted by atomic mass is 10.00. The summed E-state index contributed by atoms with van der Waals surface area (Å²) in [5.74, 6) is -0.244. The van der Waals surface area contributed by atoms with Gasteiger partial charge in [-0.3, -0.25) is 9.59 Å². The van der Waals surface area contributed by atoms with E-state index >= 15 is 0 Å². The molecule has 0 N–H and O–H groups in total. The number of carbonyl (C=O) groups is 1. The van der Waals surface area contributed by atoms with E-state index in [1.165, 1.54) is 36.5 Å². The summed E-state index contributed by atoms with van der Waals surface area (Å²) in [7, 11) is 1.46. The van der Waals surface area contributed by atoms with Gasteiger partial charge in [0.15, 0.2) is 17.1 Å². The van der Waals surface area contributed by atoms with Crippen LogP contribution in [0.3, 0.4) is 0 Å². The van der Waals surface area contributed by atoms with E-state index < -0.39 is 24.3 Å². The first kappa shape index (κ1) is 23.5. The number of alkyl halides is 2. The molecule has 10 nitrogen and oxygen atoms in total. The highest BCUT2D eigenvalue weighted by Gasteiger charge is 2.45. The summed E-state index contributed by atoms with van der Waals surface area (Å²) in [4.78, 5) is 28.1. The highest BCUT2D eigenvalue weighted by Crippen LogP contribution is 2.48. The van der Waals surface area contributed by atoms with E-state index in [0.29, 0.717) is 47.5 Å². The number of nitriles is 1. The Morgan fingerprint density at radius 1 is 1.24 bits per heavy atom. The van der Waals surface area contributed by atoms with E-state index in [1.807, 2.05) is 0 Å². The van der Waals surface area contributed by atoms with Crippen molar-refractivity contribution < 1.29 is 32.2 Å². The first-order chi connectivity index (χ1) is 18.3. The molecular formula is C26H18F2N4O6. The maximum atomic E-state index is 13.7. The van der Waals surface area contributed by atoms with Crippen molar-refractivity contribution in [3.63, 3.8) is 0 Å². The van der Waals surface area contributed by atoms with Crippen molar-refractivity contribution in [2.75, 3.05) is 18.6 Å². The fourth-order valence-corrected chi connectivity index (χ4v) is 4.78. The molecule has 0 saturated carbocycles. The number of furan rings is 1. The van der Waals surface area contributed by atoms with E-state index in [4.69, 9.17) is 13.9 Å². The van der Waals surface area contributed by atoms with Crippen LogP contribution in [0.4, 0.5) is 14.5 Å². The third kappa shape index (κ3) is 3.80. The van der Waals surface area contributed by atoms with Crippen LogP contribution in [0.15, 0.2) is 51.9 Å². The fourth-order valence-electron chi connectivity index (χ4n) is 4.78. The van der Waals surface area contributed by atoms with Gasteiger partial charge < -0.3 is 23.5 Å². The Morgan fingerprint density at radius 3 is 2.87 bits per heavy atom. The quantitative estimate of drug-likeness (QED) is 0.398. The van der Waals surface area contributed by atoms with E-state index in [1.54, 1.807) is 18.2 Å². The van der Waals surface area contributed by atoms with Gasteiger partial charge in [0.1, 0.15) is 18.0 Å². The molecule has 12 heteroatoms. The molecule has 4 heterocycles. The second-order valence-electron chi connectivity index (χ2n) is 8.74.